The number of hydrogen-bond donors (Lipinski definition) is 1. The third-order valence-electron chi connectivity index (χ3n) is 2.31. The molecule has 0 aliphatic heterocycles. The molecule has 0 spiro atoms. The molecule has 0 radical (unpaired) electrons. The van der Waals surface area contributed by atoms with Gasteiger partial charge >= 0.3 is 0 Å². The summed E-state index contributed by atoms with van der Waals surface area (Å²) in [6.45, 7) is 4.35. The fourth-order valence-electron chi connectivity index (χ4n) is 1.33. The zero-order valence-corrected chi connectivity index (χ0v) is 9.60. The Morgan fingerprint density at radius 1 is 1.06 bits per heavy atom. The van der Waals surface area contributed by atoms with E-state index in [1.165, 1.54) is 12.8 Å². The van der Waals surface area contributed by atoms with Gasteiger partial charge in [0.2, 0.25) is 0 Å². The van der Waals surface area contributed by atoms with Crippen molar-refractivity contribution in [3.8, 4) is 0 Å². The Labute approximate surface area is 98.0 Å². The summed E-state index contributed by atoms with van der Waals surface area (Å²) in [5, 5.41) is 0. The molecule has 0 aromatic heterocycles. The lowest BCUT2D eigenvalue weighted by Gasteiger charge is -1.99. The maximum absolute atomic E-state index is 5.40. The highest BCUT2D eigenvalue weighted by molar-refractivity contribution is 5.64. The molecule has 84 valence electrons. The van der Waals surface area contributed by atoms with Crippen LogP contribution in [0.25, 0.3) is 5.57 Å². The highest BCUT2D eigenvalue weighted by Gasteiger charge is 1.91. The van der Waals surface area contributed by atoms with Crippen LogP contribution in [0.3, 0.4) is 0 Å². The summed E-state index contributed by atoms with van der Waals surface area (Å²) in [6, 6.07) is 9.96. The van der Waals surface area contributed by atoms with Crippen LogP contribution in [-0.4, -0.2) is 6.54 Å². The Bertz CT molecular complexity index is 348. The Hall–Kier alpha value is -1.60. The van der Waals surface area contributed by atoms with Crippen LogP contribution in [0.4, 0.5) is 0 Å². The molecule has 16 heavy (non-hydrogen) atoms. The molecule has 1 aliphatic rings. The van der Waals surface area contributed by atoms with Gasteiger partial charge in [0.05, 0.1) is 0 Å². The fourth-order valence-corrected chi connectivity index (χ4v) is 1.33. The van der Waals surface area contributed by atoms with Crippen LogP contribution in [0.1, 0.15) is 18.4 Å². The van der Waals surface area contributed by atoms with E-state index in [1.54, 1.807) is 0 Å². The predicted octanol–water partition coefficient (Wildman–Crippen LogP) is 3.55. The van der Waals surface area contributed by atoms with Gasteiger partial charge in [0.25, 0.3) is 0 Å². The van der Waals surface area contributed by atoms with Gasteiger partial charge in [-0.2, -0.15) is 0 Å². The van der Waals surface area contributed by atoms with Crippen molar-refractivity contribution < 1.29 is 0 Å². The van der Waals surface area contributed by atoms with Crippen LogP contribution < -0.4 is 5.73 Å². The van der Waals surface area contributed by atoms with Crippen molar-refractivity contribution in [1.29, 1.82) is 0 Å². The number of nitrogens with two attached hydrogens (primary N) is 1. The van der Waals surface area contributed by atoms with Crippen molar-refractivity contribution >= 4 is 5.57 Å². The zero-order valence-electron chi connectivity index (χ0n) is 9.60. The molecule has 2 rings (SSSR count). The molecule has 1 aromatic rings. The normalized spacial score (nSPS) is 12.8. The number of rotatable bonds is 2. The summed E-state index contributed by atoms with van der Waals surface area (Å²) in [5.41, 5.74) is 7.52. The minimum Gasteiger partial charge on any atom is -0.326 e. The van der Waals surface area contributed by atoms with E-state index in [2.05, 4.69) is 30.9 Å². The van der Waals surface area contributed by atoms with Gasteiger partial charge in [0, 0.05) is 6.54 Å². The van der Waals surface area contributed by atoms with Crippen LogP contribution in [0.15, 0.2) is 61.2 Å². The Balaban J connectivity index is 0.000000181. The van der Waals surface area contributed by atoms with E-state index in [0.29, 0.717) is 6.54 Å². The Morgan fingerprint density at radius 3 is 2.00 bits per heavy atom. The maximum Gasteiger partial charge on any atom is 0.0178 e. The van der Waals surface area contributed by atoms with E-state index in [9.17, 15) is 0 Å². The SMILES string of the molecule is C1=CCCC=C1.C=C(CN)c1ccccc1. The lowest BCUT2D eigenvalue weighted by atomic mass is 10.1. The fraction of sp³-hybridized carbons (Fsp3) is 0.200. The second-order valence-electron chi connectivity index (χ2n) is 3.61. The molecule has 0 saturated carbocycles. The van der Waals surface area contributed by atoms with E-state index in [-0.39, 0.29) is 0 Å². The molecule has 0 amide bonds. The quantitative estimate of drug-likeness (QED) is 0.798. The van der Waals surface area contributed by atoms with Gasteiger partial charge < -0.3 is 5.73 Å². The topological polar surface area (TPSA) is 26.0 Å². The number of hydrogen-bond acceptors (Lipinski definition) is 1. The van der Waals surface area contributed by atoms with Crippen LogP contribution in [0, 0.1) is 0 Å². The van der Waals surface area contributed by atoms with Gasteiger partial charge in [0.15, 0.2) is 0 Å². The molecule has 1 heteroatoms. The molecular weight excluding hydrogens is 194 g/mol. The molecule has 0 atom stereocenters. The molecular formula is C15H19N. The van der Waals surface area contributed by atoms with E-state index in [0.717, 1.165) is 11.1 Å². The first-order valence-corrected chi connectivity index (χ1v) is 5.59. The molecule has 1 aliphatic carbocycles. The summed E-state index contributed by atoms with van der Waals surface area (Å²) < 4.78 is 0. The summed E-state index contributed by atoms with van der Waals surface area (Å²) in [4.78, 5) is 0. The standard InChI is InChI=1S/C9H11N.C6H8/c1-8(7-10)9-5-3-2-4-6-9;1-2-4-6-5-3-1/h2-6H,1,7,10H2;1-4H,5-6H2. The monoisotopic (exact) mass is 213 g/mol. The minimum absolute atomic E-state index is 0.532. The molecule has 1 aromatic carbocycles. The Kier molecular flexibility index (Phi) is 5.97. The highest BCUT2D eigenvalue weighted by atomic mass is 14.5. The van der Waals surface area contributed by atoms with Crippen molar-refractivity contribution in [2.75, 3.05) is 6.54 Å². The van der Waals surface area contributed by atoms with Gasteiger partial charge in [-0.15, -0.1) is 0 Å². The van der Waals surface area contributed by atoms with Crippen molar-refractivity contribution in [1.82, 2.24) is 0 Å². The summed E-state index contributed by atoms with van der Waals surface area (Å²) in [7, 11) is 0. The average molecular weight is 213 g/mol. The lowest BCUT2D eigenvalue weighted by molar-refractivity contribution is 1.04. The number of allylic oxidation sites excluding steroid dienone is 4. The van der Waals surface area contributed by atoms with E-state index in [4.69, 9.17) is 5.73 Å². The predicted molar refractivity (Wildman–Crippen MR) is 72.0 cm³/mol. The molecule has 0 unspecified atom stereocenters. The molecule has 0 heterocycles. The minimum atomic E-state index is 0.532. The van der Waals surface area contributed by atoms with E-state index < -0.39 is 0 Å². The molecule has 1 nitrogen and oxygen atoms in total. The summed E-state index contributed by atoms with van der Waals surface area (Å²) in [5.74, 6) is 0. The van der Waals surface area contributed by atoms with E-state index >= 15 is 0 Å². The first-order valence-electron chi connectivity index (χ1n) is 5.59. The summed E-state index contributed by atoms with van der Waals surface area (Å²) >= 11 is 0. The van der Waals surface area contributed by atoms with Gasteiger partial charge in [0.1, 0.15) is 0 Å². The third kappa shape index (κ3) is 4.76. The number of benzene rings is 1. The second-order valence-corrected chi connectivity index (χ2v) is 3.61. The first kappa shape index (κ1) is 12.5. The second kappa shape index (κ2) is 7.66. The largest absolute Gasteiger partial charge is 0.326 e. The highest BCUT2D eigenvalue weighted by Crippen LogP contribution is 2.08. The van der Waals surface area contributed by atoms with Gasteiger partial charge in [-0.05, 0) is 24.0 Å². The lowest BCUT2D eigenvalue weighted by Crippen LogP contribution is -2.00. The van der Waals surface area contributed by atoms with Crippen molar-refractivity contribution in [2.24, 2.45) is 5.73 Å². The first-order chi connectivity index (χ1) is 7.84. The van der Waals surface area contributed by atoms with Crippen LogP contribution in [0.2, 0.25) is 0 Å². The van der Waals surface area contributed by atoms with Gasteiger partial charge in [-0.1, -0.05) is 61.2 Å². The Morgan fingerprint density at radius 2 is 1.62 bits per heavy atom. The third-order valence-corrected chi connectivity index (χ3v) is 2.31. The summed E-state index contributed by atoms with van der Waals surface area (Å²) in [6.07, 6.45) is 11.0. The maximum atomic E-state index is 5.40. The van der Waals surface area contributed by atoms with Crippen molar-refractivity contribution in [3.63, 3.8) is 0 Å². The van der Waals surface area contributed by atoms with Crippen LogP contribution in [-0.2, 0) is 0 Å². The smallest absolute Gasteiger partial charge is 0.0178 e. The van der Waals surface area contributed by atoms with Crippen molar-refractivity contribution in [2.45, 2.75) is 12.8 Å². The van der Waals surface area contributed by atoms with Crippen LogP contribution >= 0.6 is 0 Å². The molecule has 2 N–H and O–H groups in total. The van der Waals surface area contributed by atoms with Gasteiger partial charge in [-0.3, -0.25) is 0 Å². The van der Waals surface area contributed by atoms with Crippen LogP contribution in [0.5, 0.6) is 0 Å². The zero-order chi connectivity index (χ0) is 11.6. The van der Waals surface area contributed by atoms with E-state index in [1.807, 2.05) is 30.3 Å². The average Bonchev–Trinajstić information content (AvgIpc) is 2.41. The molecule has 0 fully saturated rings. The molecule has 0 saturated heterocycles. The van der Waals surface area contributed by atoms with Crippen molar-refractivity contribution in [3.05, 3.63) is 66.8 Å². The molecule has 0 bridgehead atoms. The van der Waals surface area contributed by atoms with Gasteiger partial charge in [-0.25, -0.2) is 0 Å².